The Morgan fingerprint density at radius 2 is 1.84 bits per heavy atom. The molecular formula is C23H28N2O6S. The molecule has 2 aromatic rings. The molecule has 0 radical (unpaired) electrons. The molecule has 9 heteroatoms. The first-order chi connectivity index (χ1) is 15.4. The van der Waals surface area contributed by atoms with Crippen LogP contribution in [0.2, 0.25) is 0 Å². The summed E-state index contributed by atoms with van der Waals surface area (Å²) < 4.78 is 38.6. The quantitative estimate of drug-likeness (QED) is 0.575. The maximum atomic E-state index is 13.3. The highest BCUT2D eigenvalue weighted by molar-refractivity contribution is 7.89. The van der Waals surface area contributed by atoms with Crippen LogP contribution >= 0.6 is 0 Å². The Labute approximate surface area is 188 Å². The summed E-state index contributed by atoms with van der Waals surface area (Å²) in [4.78, 5) is 23.5. The number of carbonyl (C=O) groups excluding carboxylic acids is 2. The van der Waals surface area contributed by atoms with Crippen LogP contribution in [0.3, 0.4) is 0 Å². The molecule has 1 N–H and O–H groups in total. The number of carbonyl (C=O) groups is 2. The number of nitrogens with one attached hydrogen (secondary N) is 1. The van der Waals surface area contributed by atoms with Crippen LogP contribution in [0.25, 0.3) is 0 Å². The lowest BCUT2D eigenvalue weighted by molar-refractivity contribution is -0.118. The van der Waals surface area contributed by atoms with Gasteiger partial charge < -0.3 is 14.8 Å². The van der Waals surface area contributed by atoms with Gasteiger partial charge in [0.25, 0.3) is 5.91 Å². The van der Waals surface area contributed by atoms with E-state index in [0.717, 1.165) is 32.1 Å². The number of para-hydroxylation sites is 1. The van der Waals surface area contributed by atoms with E-state index in [4.69, 9.17) is 9.47 Å². The molecule has 0 aromatic heterocycles. The second kappa shape index (κ2) is 10.6. The second-order valence-corrected chi connectivity index (χ2v) is 9.64. The van der Waals surface area contributed by atoms with Crippen LogP contribution in [0.1, 0.15) is 42.5 Å². The number of ether oxygens (including phenoxy) is 2. The van der Waals surface area contributed by atoms with Gasteiger partial charge in [-0.15, -0.1) is 0 Å². The lowest BCUT2D eigenvalue weighted by atomic mass is 9.96. The number of hydrogen-bond donors (Lipinski definition) is 1. The number of nitrogens with zero attached hydrogens (tertiary/aromatic N) is 1. The Morgan fingerprint density at radius 3 is 2.53 bits per heavy atom. The molecule has 172 valence electrons. The number of anilines is 1. The number of hydrogen-bond acceptors (Lipinski definition) is 6. The molecule has 1 aliphatic rings. The molecule has 8 nitrogen and oxygen atoms in total. The average molecular weight is 461 g/mol. The van der Waals surface area contributed by atoms with Crippen molar-refractivity contribution in [1.82, 2.24) is 4.31 Å². The van der Waals surface area contributed by atoms with E-state index in [2.05, 4.69) is 5.32 Å². The molecular weight excluding hydrogens is 432 g/mol. The molecule has 0 unspecified atom stereocenters. The van der Waals surface area contributed by atoms with Gasteiger partial charge in [-0.05, 0) is 43.2 Å². The molecule has 3 rings (SSSR count). The Hall–Kier alpha value is -2.91. The van der Waals surface area contributed by atoms with Crippen molar-refractivity contribution in [1.29, 1.82) is 0 Å². The number of benzene rings is 2. The van der Waals surface area contributed by atoms with Gasteiger partial charge in [-0.1, -0.05) is 31.4 Å². The van der Waals surface area contributed by atoms with Gasteiger partial charge in [0, 0.05) is 18.7 Å². The van der Waals surface area contributed by atoms with E-state index in [1.807, 2.05) is 0 Å². The molecule has 0 atom stereocenters. The van der Waals surface area contributed by atoms with Crippen molar-refractivity contribution in [3.05, 3.63) is 48.0 Å². The van der Waals surface area contributed by atoms with Gasteiger partial charge in [-0.25, -0.2) is 8.42 Å². The van der Waals surface area contributed by atoms with Crippen LogP contribution in [0.4, 0.5) is 5.69 Å². The molecule has 0 saturated heterocycles. The Kier molecular flexibility index (Phi) is 7.87. The predicted octanol–water partition coefficient (Wildman–Crippen LogP) is 3.48. The number of methoxy groups -OCH3 is 1. The first-order valence-corrected chi connectivity index (χ1v) is 11.9. The minimum Gasteiger partial charge on any atom is -0.493 e. The summed E-state index contributed by atoms with van der Waals surface area (Å²) in [5.74, 6) is 0.0974. The number of rotatable bonds is 9. The molecule has 0 aliphatic heterocycles. The van der Waals surface area contributed by atoms with Gasteiger partial charge in [0.1, 0.15) is 11.2 Å². The van der Waals surface area contributed by atoms with E-state index in [1.54, 1.807) is 31.3 Å². The largest absolute Gasteiger partial charge is 0.493 e. The zero-order valence-electron chi connectivity index (χ0n) is 18.2. The monoisotopic (exact) mass is 460 g/mol. The van der Waals surface area contributed by atoms with E-state index in [1.165, 1.54) is 29.6 Å². The third-order valence-corrected chi connectivity index (χ3v) is 7.56. The van der Waals surface area contributed by atoms with Crippen molar-refractivity contribution in [2.45, 2.75) is 43.0 Å². The van der Waals surface area contributed by atoms with Crippen molar-refractivity contribution in [2.75, 3.05) is 26.1 Å². The summed E-state index contributed by atoms with van der Waals surface area (Å²) in [7, 11) is -0.745. The SMILES string of the molecule is COc1cc(C=O)ccc1OCC(=O)Nc1ccccc1S(=O)(=O)N(C)C1CCCCC1. The van der Waals surface area contributed by atoms with Crippen LogP contribution in [-0.4, -0.2) is 51.7 Å². The molecule has 1 aliphatic carbocycles. The molecule has 1 fully saturated rings. The first-order valence-electron chi connectivity index (χ1n) is 10.5. The summed E-state index contributed by atoms with van der Waals surface area (Å²) in [6, 6.07) is 10.9. The molecule has 1 amide bonds. The number of aldehydes is 1. The van der Waals surface area contributed by atoms with Gasteiger partial charge in [0.05, 0.1) is 12.8 Å². The zero-order valence-corrected chi connectivity index (χ0v) is 19.1. The molecule has 1 saturated carbocycles. The Bertz CT molecular complexity index is 1060. The predicted molar refractivity (Wildman–Crippen MR) is 121 cm³/mol. The topological polar surface area (TPSA) is 102 Å². The number of sulfonamides is 1. The average Bonchev–Trinajstić information content (AvgIpc) is 2.82. The number of amides is 1. The molecule has 0 heterocycles. The van der Waals surface area contributed by atoms with E-state index in [9.17, 15) is 18.0 Å². The third kappa shape index (κ3) is 5.46. The highest BCUT2D eigenvalue weighted by Gasteiger charge is 2.31. The highest BCUT2D eigenvalue weighted by Crippen LogP contribution is 2.30. The summed E-state index contributed by atoms with van der Waals surface area (Å²) >= 11 is 0. The normalized spacial score (nSPS) is 14.7. The van der Waals surface area contributed by atoms with Crippen LogP contribution in [0.5, 0.6) is 11.5 Å². The van der Waals surface area contributed by atoms with Crippen LogP contribution < -0.4 is 14.8 Å². The molecule has 2 aromatic carbocycles. The van der Waals surface area contributed by atoms with Gasteiger partial charge in [-0.3, -0.25) is 9.59 Å². The minimum absolute atomic E-state index is 0.0392. The Morgan fingerprint density at radius 1 is 1.12 bits per heavy atom. The van der Waals surface area contributed by atoms with E-state index < -0.39 is 15.9 Å². The van der Waals surface area contributed by atoms with Crippen molar-refractivity contribution in [2.24, 2.45) is 0 Å². The lowest BCUT2D eigenvalue weighted by Crippen LogP contribution is -2.38. The van der Waals surface area contributed by atoms with Crippen molar-refractivity contribution in [3.8, 4) is 11.5 Å². The van der Waals surface area contributed by atoms with E-state index in [-0.39, 0.29) is 23.2 Å². The van der Waals surface area contributed by atoms with Gasteiger partial charge in [0.15, 0.2) is 18.1 Å². The summed E-state index contributed by atoms with van der Waals surface area (Å²) in [6.45, 7) is -0.357. The fourth-order valence-electron chi connectivity index (χ4n) is 3.80. The standard InChI is InChI=1S/C23H28N2O6S/c1-25(18-8-4-3-5-9-18)32(28,29)22-11-7-6-10-19(22)24-23(27)16-31-20-13-12-17(15-26)14-21(20)30-2/h6-7,10-15,18H,3-5,8-9,16H2,1-2H3,(H,24,27). The van der Waals surface area contributed by atoms with Crippen molar-refractivity contribution in [3.63, 3.8) is 0 Å². The van der Waals surface area contributed by atoms with Crippen LogP contribution in [0, 0.1) is 0 Å². The molecule has 0 spiro atoms. The maximum absolute atomic E-state index is 13.3. The minimum atomic E-state index is -3.78. The fraction of sp³-hybridized carbons (Fsp3) is 0.391. The van der Waals surface area contributed by atoms with E-state index >= 15 is 0 Å². The van der Waals surface area contributed by atoms with Gasteiger partial charge >= 0.3 is 0 Å². The molecule has 32 heavy (non-hydrogen) atoms. The third-order valence-electron chi connectivity index (χ3n) is 5.59. The zero-order chi connectivity index (χ0) is 23.1. The fourth-order valence-corrected chi connectivity index (χ4v) is 5.36. The second-order valence-electron chi connectivity index (χ2n) is 7.67. The molecule has 0 bridgehead atoms. The summed E-state index contributed by atoms with van der Waals surface area (Å²) in [5.41, 5.74) is 0.617. The first kappa shape index (κ1) is 23.7. The summed E-state index contributed by atoms with van der Waals surface area (Å²) in [6.07, 6.45) is 5.50. The van der Waals surface area contributed by atoms with Gasteiger partial charge in [-0.2, -0.15) is 4.31 Å². The maximum Gasteiger partial charge on any atom is 0.262 e. The highest BCUT2D eigenvalue weighted by atomic mass is 32.2. The van der Waals surface area contributed by atoms with Crippen molar-refractivity contribution >= 4 is 27.9 Å². The Balaban J connectivity index is 1.72. The van der Waals surface area contributed by atoms with E-state index in [0.29, 0.717) is 23.3 Å². The van der Waals surface area contributed by atoms with Crippen LogP contribution in [0.15, 0.2) is 47.4 Å². The lowest BCUT2D eigenvalue weighted by Gasteiger charge is -2.30. The van der Waals surface area contributed by atoms with Crippen LogP contribution in [-0.2, 0) is 14.8 Å². The smallest absolute Gasteiger partial charge is 0.262 e. The summed E-state index contributed by atoms with van der Waals surface area (Å²) in [5, 5.41) is 2.64. The van der Waals surface area contributed by atoms with Gasteiger partial charge in [0.2, 0.25) is 10.0 Å². The van der Waals surface area contributed by atoms with Crippen molar-refractivity contribution < 1.29 is 27.5 Å².